The molecule has 0 saturated carbocycles. The van der Waals surface area contributed by atoms with Crippen molar-refractivity contribution >= 4 is 11.0 Å². The monoisotopic (exact) mass is 210 g/mol. The molecule has 0 aliphatic heterocycles. The van der Waals surface area contributed by atoms with Crippen LogP contribution in [0.1, 0.15) is 18.3 Å². The lowest BCUT2D eigenvalue weighted by Gasteiger charge is -2.09. The fourth-order valence-electron chi connectivity index (χ4n) is 1.59. The zero-order valence-electron chi connectivity index (χ0n) is 8.88. The molecule has 0 bridgehead atoms. The molecule has 80 valence electrons. The Morgan fingerprint density at radius 1 is 1.33 bits per heavy atom. The van der Waals surface area contributed by atoms with E-state index in [4.69, 9.17) is 0 Å². The van der Waals surface area contributed by atoms with Gasteiger partial charge >= 0.3 is 0 Å². The van der Waals surface area contributed by atoms with Crippen molar-refractivity contribution in [3.05, 3.63) is 29.6 Å². The van der Waals surface area contributed by atoms with Crippen LogP contribution in [0.4, 0.5) is 8.78 Å². The molecule has 0 N–H and O–H groups in total. The van der Waals surface area contributed by atoms with Gasteiger partial charge in [0.1, 0.15) is 5.82 Å². The number of imidazole rings is 1. The van der Waals surface area contributed by atoms with Gasteiger partial charge in [0.25, 0.3) is 5.92 Å². The third-order valence-electron chi connectivity index (χ3n) is 2.61. The Balaban J connectivity index is 2.67. The minimum absolute atomic E-state index is 0.00750. The normalized spacial score (nSPS) is 12.3. The summed E-state index contributed by atoms with van der Waals surface area (Å²) in [5, 5.41) is 0. The molecule has 0 saturated heterocycles. The molecule has 1 aromatic carbocycles. The molecular weight excluding hydrogens is 198 g/mol. The van der Waals surface area contributed by atoms with Gasteiger partial charge in [0.2, 0.25) is 0 Å². The second-order valence-electron chi connectivity index (χ2n) is 3.81. The standard InChI is InChI=1S/C11H12F2N2/c1-7-14-9-6-8(11(2,12)13)4-5-10(9)15(7)3/h4-6H,1-3H3. The van der Waals surface area contributed by atoms with E-state index >= 15 is 0 Å². The highest BCUT2D eigenvalue weighted by molar-refractivity contribution is 5.77. The van der Waals surface area contributed by atoms with Gasteiger partial charge in [-0.2, -0.15) is 0 Å². The summed E-state index contributed by atoms with van der Waals surface area (Å²) in [6.45, 7) is 2.74. The molecule has 0 aliphatic carbocycles. The summed E-state index contributed by atoms with van der Waals surface area (Å²) >= 11 is 0. The van der Waals surface area contributed by atoms with Crippen LogP contribution in [-0.2, 0) is 13.0 Å². The average Bonchev–Trinajstić information content (AvgIpc) is 2.41. The van der Waals surface area contributed by atoms with E-state index in [-0.39, 0.29) is 5.56 Å². The Labute approximate surface area is 86.5 Å². The van der Waals surface area contributed by atoms with Crippen LogP contribution in [0, 0.1) is 6.92 Å². The summed E-state index contributed by atoms with van der Waals surface area (Å²) in [5.74, 6) is -1.99. The molecule has 1 heterocycles. The van der Waals surface area contributed by atoms with Crippen molar-refractivity contribution in [2.24, 2.45) is 7.05 Å². The van der Waals surface area contributed by atoms with E-state index in [1.54, 1.807) is 6.07 Å². The average molecular weight is 210 g/mol. The molecule has 0 atom stereocenters. The molecule has 1 aromatic heterocycles. The van der Waals surface area contributed by atoms with E-state index < -0.39 is 5.92 Å². The number of alkyl halides is 2. The van der Waals surface area contributed by atoms with Gasteiger partial charge in [-0.3, -0.25) is 0 Å². The summed E-state index contributed by atoms with van der Waals surface area (Å²) in [6.07, 6.45) is 0. The highest BCUT2D eigenvalue weighted by atomic mass is 19.3. The highest BCUT2D eigenvalue weighted by Crippen LogP contribution is 2.29. The minimum Gasteiger partial charge on any atom is -0.331 e. The Morgan fingerprint density at radius 2 is 2.00 bits per heavy atom. The highest BCUT2D eigenvalue weighted by Gasteiger charge is 2.24. The topological polar surface area (TPSA) is 17.8 Å². The molecule has 4 heteroatoms. The van der Waals surface area contributed by atoms with Crippen molar-refractivity contribution in [3.8, 4) is 0 Å². The molecule has 0 amide bonds. The molecule has 0 radical (unpaired) electrons. The third-order valence-corrected chi connectivity index (χ3v) is 2.61. The van der Waals surface area contributed by atoms with Crippen LogP contribution in [0.3, 0.4) is 0 Å². The number of aryl methyl sites for hydroxylation is 2. The van der Waals surface area contributed by atoms with Crippen LogP contribution < -0.4 is 0 Å². The number of benzene rings is 1. The van der Waals surface area contributed by atoms with Crippen LogP contribution in [0.15, 0.2) is 18.2 Å². The molecule has 2 nitrogen and oxygen atoms in total. The van der Waals surface area contributed by atoms with Crippen LogP contribution in [0.25, 0.3) is 11.0 Å². The van der Waals surface area contributed by atoms with Crippen molar-refractivity contribution in [1.82, 2.24) is 9.55 Å². The van der Waals surface area contributed by atoms with E-state index in [1.165, 1.54) is 12.1 Å². The van der Waals surface area contributed by atoms with Crippen molar-refractivity contribution in [2.45, 2.75) is 19.8 Å². The molecule has 2 aromatic rings. The molecule has 0 fully saturated rings. The van der Waals surface area contributed by atoms with Crippen LogP contribution in [-0.4, -0.2) is 9.55 Å². The number of hydrogen-bond donors (Lipinski definition) is 0. The maximum atomic E-state index is 13.1. The lowest BCUT2D eigenvalue weighted by molar-refractivity contribution is 0.0176. The van der Waals surface area contributed by atoms with Crippen molar-refractivity contribution < 1.29 is 8.78 Å². The lowest BCUT2D eigenvalue weighted by Crippen LogP contribution is -2.06. The molecule has 0 unspecified atom stereocenters. The zero-order valence-corrected chi connectivity index (χ0v) is 8.88. The number of hydrogen-bond acceptors (Lipinski definition) is 1. The van der Waals surface area contributed by atoms with Crippen LogP contribution >= 0.6 is 0 Å². The van der Waals surface area contributed by atoms with E-state index in [0.717, 1.165) is 18.3 Å². The van der Waals surface area contributed by atoms with Gasteiger partial charge < -0.3 is 4.57 Å². The van der Waals surface area contributed by atoms with Crippen LogP contribution in [0.2, 0.25) is 0 Å². The van der Waals surface area contributed by atoms with Crippen molar-refractivity contribution in [2.75, 3.05) is 0 Å². The van der Waals surface area contributed by atoms with Gasteiger partial charge in [-0.05, 0) is 19.1 Å². The minimum atomic E-state index is -2.81. The predicted molar refractivity (Wildman–Crippen MR) is 55.0 cm³/mol. The van der Waals surface area contributed by atoms with Crippen LogP contribution in [0.5, 0.6) is 0 Å². The lowest BCUT2D eigenvalue weighted by atomic mass is 10.1. The number of halogens is 2. The summed E-state index contributed by atoms with van der Waals surface area (Å²) in [7, 11) is 1.87. The molecule has 0 aliphatic rings. The Hall–Kier alpha value is -1.45. The predicted octanol–water partition coefficient (Wildman–Crippen LogP) is 2.99. The third kappa shape index (κ3) is 1.60. The first kappa shape index (κ1) is 10.1. The number of aromatic nitrogens is 2. The molecule has 15 heavy (non-hydrogen) atoms. The fraction of sp³-hybridized carbons (Fsp3) is 0.364. The second-order valence-corrected chi connectivity index (χ2v) is 3.81. The van der Waals surface area contributed by atoms with E-state index in [1.807, 2.05) is 18.5 Å². The Morgan fingerprint density at radius 3 is 2.60 bits per heavy atom. The van der Waals surface area contributed by atoms with E-state index in [9.17, 15) is 8.78 Å². The number of fused-ring (bicyclic) bond motifs is 1. The summed E-state index contributed by atoms with van der Waals surface area (Å²) in [6, 6.07) is 4.58. The maximum absolute atomic E-state index is 13.1. The first-order chi connectivity index (χ1) is 6.89. The zero-order chi connectivity index (χ0) is 11.2. The van der Waals surface area contributed by atoms with E-state index in [0.29, 0.717) is 5.52 Å². The van der Waals surface area contributed by atoms with Gasteiger partial charge in [-0.25, -0.2) is 13.8 Å². The number of nitrogens with zero attached hydrogens (tertiary/aromatic N) is 2. The Kier molecular flexibility index (Phi) is 2.03. The van der Waals surface area contributed by atoms with Crippen molar-refractivity contribution in [3.63, 3.8) is 0 Å². The van der Waals surface area contributed by atoms with Gasteiger partial charge in [0, 0.05) is 19.5 Å². The van der Waals surface area contributed by atoms with Gasteiger partial charge in [0.15, 0.2) is 0 Å². The summed E-state index contributed by atoms with van der Waals surface area (Å²) < 4.78 is 28.0. The van der Waals surface area contributed by atoms with Gasteiger partial charge in [-0.15, -0.1) is 0 Å². The summed E-state index contributed by atoms with van der Waals surface area (Å²) in [5.41, 5.74) is 1.50. The van der Waals surface area contributed by atoms with Gasteiger partial charge in [-0.1, -0.05) is 6.07 Å². The molecule has 2 rings (SSSR count). The first-order valence-electron chi connectivity index (χ1n) is 4.71. The SMILES string of the molecule is Cc1nc2cc(C(C)(F)F)ccc2n1C. The van der Waals surface area contributed by atoms with Gasteiger partial charge in [0.05, 0.1) is 11.0 Å². The largest absolute Gasteiger partial charge is 0.331 e. The first-order valence-corrected chi connectivity index (χ1v) is 4.71. The molecule has 0 spiro atoms. The smallest absolute Gasteiger partial charge is 0.270 e. The molecular formula is C11H12F2N2. The summed E-state index contributed by atoms with van der Waals surface area (Å²) in [4.78, 5) is 4.22. The Bertz CT molecular complexity index is 509. The van der Waals surface area contributed by atoms with Crippen molar-refractivity contribution in [1.29, 1.82) is 0 Å². The maximum Gasteiger partial charge on any atom is 0.270 e. The fourth-order valence-corrected chi connectivity index (χ4v) is 1.59. The van der Waals surface area contributed by atoms with E-state index in [2.05, 4.69) is 4.98 Å². The second kappa shape index (κ2) is 3.02. The quantitative estimate of drug-likeness (QED) is 0.707. The number of rotatable bonds is 1.